The zero-order chi connectivity index (χ0) is 58.0. The molecule has 0 aromatic carbocycles. The first-order valence-corrected chi connectivity index (χ1v) is 34.4. The van der Waals surface area contributed by atoms with Crippen molar-refractivity contribution in [2.75, 3.05) is 26.4 Å². The average molecular weight is 1140 g/mol. The highest BCUT2D eigenvalue weighted by atomic mass is 31.2. The Morgan fingerprint density at radius 2 is 0.688 bits per heavy atom. The molecular weight excluding hydrogens is 1010 g/mol. The van der Waals surface area contributed by atoms with Crippen LogP contribution in [-0.4, -0.2) is 49.3 Å². The van der Waals surface area contributed by atoms with E-state index in [9.17, 15) is 19.0 Å². The predicted molar refractivity (Wildman–Crippen MR) is 344 cm³/mol. The number of phosphoric acid groups is 1. The Morgan fingerprint density at radius 3 is 1.02 bits per heavy atom. The summed E-state index contributed by atoms with van der Waals surface area (Å²) in [5.41, 5.74) is 5.39. The lowest BCUT2D eigenvalue weighted by Gasteiger charge is -2.19. The number of esters is 2. The monoisotopic (exact) mass is 1140 g/mol. The Bertz CT molecular complexity index is 1680. The van der Waals surface area contributed by atoms with E-state index in [2.05, 4.69) is 123 Å². The third-order valence-corrected chi connectivity index (χ3v) is 14.9. The average Bonchev–Trinajstić information content (AvgIpc) is 3.45. The van der Waals surface area contributed by atoms with Gasteiger partial charge in [0.2, 0.25) is 0 Å². The van der Waals surface area contributed by atoms with Gasteiger partial charge in [-0.3, -0.25) is 18.6 Å². The Hall–Kier alpha value is -3.33. The van der Waals surface area contributed by atoms with Gasteiger partial charge in [-0.1, -0.05) is 303 Å². The van der Waals surface area contributed by atoms with E-state index in [0.29, 0.717) is 6.42 Å². The van der Waals surface area contributed by atoms with Crippen molar-refractivity contribution in [3.05, 3.63) is 109 Å². The molecule has 0 radical (unpaired) electrons. The molecule has 0 aromatic rings. The number of phosphoric ester groups is 1. The molecule has 9 nitrogen and oxygen atoms in total. The van der Waals surface area contributed by atoms with E-state index in [4.69, 9.17) is 24.3 Å². The van der Waals surface area contributed by atoms with Crippen LogP contribution in [0.25, 0.3) is 0 Å². The van der Waals surface area contributed by atoms with Gasteiger partial charge in [-0.05, 0) is 83.5 Å². The molecule has 0 aromatic heterocycles. The fourth-order valence-corrected chi connectivity index (χ4v) is 9.87. The first-order chi connectivity index (χ1) is 39.3. The highest BCUT2D eigenvalue weighted by Crippen LogP contribution is 2.43. The molecule has 10 heteroatoms. The van der Waals surface area contributed by atoms with Crippen LogP contribution in [0.3, 0.4) is 0 Å². The van der Waals surface area contributed by atoms with Gasteiger partial charge in [0, 0.05) is 19.4 Å². The van der Waals surface area contributed by atoms with Gasteiger partial charge >= 0.3 is 19.8 Å². The molecule has 2 unspecified atom stereocenters. The fraction of sp³-hybridized carbons (Fsp3) is 0.714. The van der Waals surface area contributed by atoms with Crippen LogP contribution in [0.2, 0.25) is 0 Å². The summed E-state index contributed by atoms with van der Waals surface area (Å²) >= 11 is 0. The molecule has 0 rings (SSSR count). The highest BCUT2D eigenvalue weighted by Gasteiger charge is 2.26. The van der Waals surface area contributed by atoms with Crippen LogP contribution >= 0.6 is 7.82 Å². The number of unbranched alkanes of at least 4 members (excludes halogenated alkanes) is 30. The number of ether oxygens (including phenoxy) is 2. The van der Waals surface area contributed by atoms with Gasteiger partial charge in [0.15, 0.2) is 6.10 Å². The molecule has 2 atom stereocenters. The van der Waals surface area contributed by atoms with Gasteiger partial charge in [-0.25, -0.2) is 4.57 Å². The van der Waals surface area contributed by atoms with Crippen LogP contribution in [0.15, 0.2) is 109 Å². The van der Waals surface area contributed by atoms with Crippen LogP contribution < -0.4 is 5.73 Å². The number of allylic oxidation sites excluding steroid dienone is 18. The van der Waals surface area contributed by atoms with Crippen LogP contribution in [0.5, 0.6) is 0 Å². The lowest BCUT2D eigenvalue weighted by molar-refractivity contribution is -0.161. The Balaban J connectivity index is 4.01. The quantitative estimate of drug-likeness (QED) is 0.0264. The second-order valence-electron chi connectivity index (χ2n) is 21.6. The zero-order valence-corrected chi connectivity index (χ0v) is 52.4. The Kier molecular flexibility index (Phi) is 62.1. The van der Waals surface area contributed by atoms with Crippen LogP contribution in [-0.2, 0) is 32.7 Å². The summed E-state index contributed by atoms with van der Waals surface area (Å²) in [5, 5.41) is 0. The number of carbonyl (C=O) groups excluding carboxylic acids is 2. The highest BCUT2D eigenvalue weighted by molar-refractivity contribution is 7.47. The van der Waals surface area contributed by atoms with E-state index in [1.54, 1.807) is 0 Å². The summed E-state index contributed by atoms with van der Waals surface area (Å²) in [6.07, 6.45) is 88.9. The van der Waals surface area contributed by atoms with Crippen LogP contribution in [0.4, 0.5) is 0 Å². The van der Waals surface area contributed by atoms with Gasteiger partial charge in [-0.15, -0.1) is 0 Å². The predicted octanol–water partition coefficient (Wildman–Crippen LogP) is 21.4. The summed E-state index contributed by atoms with van der Waals surface area (Å²) in [6.45, 7) is 3.62. The molecule has 460 valence electrons. The molecule has 3 N–H and O–H groups in total. The smallest absolute Gasteiger partial charge is 0.462 e. The molecule has 0 aliphatic rings. The van der Waals surface area contributed by atoms with Gasteiger partial charge in [0.1, 0.15) is 6.61 Å². The van der Waals surface area contributed by atoms with Gasteiger partial charge in [0.25, 0.3) is 0 Å². The number of carbonyl (C=O) groups is 2. The van der Waals surface area contributed by atoms with Crippen molar-refractivity contribution in [2.45, 2.75) is 296 Å². The second kappa shape index (κ2) is 64.8. The van der Waals surface area contributed by atoms with Gasteiger partial charge in [0.05, 0.1) is 13.2 Å². The van der Waals surface area contributed by atoms with Crippen molar-refractivity contribution in [3.63, 3.8) is 0 Å². The fourth-order valence-electron chi connectivity index (χ4n) is 9.10. The lowest BCUT2D eigenvalue weighted by atomic mass is 10.0. The minimum Gasteiger partial charge on any atom is -0.462 e. The van der Waals surface area contributed by atoms with E-state index in [1.165, 1.54) is 161 Å². The van der Waals surface area contributed by atoms with Gasteiger partial charge in [-0.2, -0.15) is 0 Å². The third kappa shape index (κ3) is 63.8. The minimum atomic E-state index is -4.41. The standard InChI is InChI=1S/C70H122NO8P/c1-3-5-7-9-11-13-15-17-19-21-23-25-27-29-31-33-34-35-37-39-41-43-45-47-49-51-53-55-57-59-61-63-70(73)79-68(67-78-80(74,75)77-65-64-71)66-76-69(72)62-60-58-56-54-52-50-48-46-44-42-40-38-36-32-30-28-26-24-22-20-18-16-14-12-10-8-6-4-2/h5,7,11,13,17,19,23,25,29,31,34-35,39,41,45,47,51,53,68H,3-4,6,8-10,12,14-16,18,20-22,24,26-28,30,32-33,36-38,40,42-44,46,48-50,52,54-67,71H2,1-2H3,(H,74,75)/b7-5-,13-11-,19-17-,25-23-,31-29-,35-34-,41-39-,47-45-,53-51-. The normalized spacial score (nSPS) is 13.7. The molecule has 0 heterocycles. The second-order valence-corrected chi connectivity index (χ2v) is 23.1. The molecule has 0 saturated carbocycles. The van der Waals surface area contributed by atoms with Crippen LogP contribution in [0, 0.1) is 0 Å². The van der Waals surface area contributed by atoms with Crippen molar-refractivity contribution >= 4 is 19.8 Å². The van der Waals surface area contributed by atoms with Crippen LogP contribution in [0.1, 0.15) is 290 Å². The SMILES string of the molecule is CC/C=C\C/C=C\C/C=C\C/C=C\C/C=C\C/C=C\C/C=C\C/C=C\C/C=C\CCCCCC(=O)OC(COC(=O)CCCCCCCCCCCCCCCCCCCCCCCCCCCCCC)COP(=O)(O)OCCN. The number of nitrogens with two attached hydrogens (primary N) is 1. The maximum atomic E-state index is 12.7. The maximum absolute atomic E-state index is 12.7. The van der Waals surface area contributed by atoms with Crippen molar-refractivity contribution < 1.29 is 37.6 Å². The number of hydrogen-bond donors (Lipinski definition) is 2. The number of rotatable bonds is 61. The first kappa shape index (κ1) is 76.7. The van der Waals surface area contributed by atoms with E-state index < -0.39 is 26.5 Å². The molecule has 0 bridgehead atoms. The van der Waals surface area contributed by atoms with E-state index >= 15 is 0 Å². The summed E-state index contributed by atoms with van der Waals surface area (Å²) in [7, 11) is -4.41. The molecule has 0 amide bonds. The molecular formula is C70H122NO8P. The van der Waals surface area contributed by atoms with Gasteiger partial charge < -0.3 is 20.1 Å². The summed E-state index contributed by atoms with van der Waals surface area (Å²) in [5.74, 6) is -0.862. The largest absolute Gasteiger partial charge is 0.472 e. The summed E-state index contributed by atoms with van der Waals surface area (Å²) in [4.78, 5) is 35.3. The topological polar surface area (TPSA) is 134 Å². The van der Waals surface area contributed by atoms with E-state index in [-0.39, 0.29) is 38.6 Å². The summed E-state index contributed by atoms with van der Waals surface area (Å²) < 4.78 is 33.1. The first-order valence-electron chi connectivity index (χ1n) is 32.9. The van der Waals surface area contributed by atoms with Crippen molar-refractivity contribution in [2.24, 2.45) is 5.73 Å². The van der Waals surface area contributed by atoms with Crippen molar-refractivity contribution in [1.82, 2.24) is 0 Å². The third-order valence-electron chi connectivity index (χ3n) is 13.9. The molecule has 80 heavy (non-hydrogen) atoms. The lowest BCUT2D eigenvalue weighted by Crippen LogP contribution is -2.29. The molecule has 0 spiro atoms. The van der Waals surface area contributed by atoms with Crippen molar-refractivity contribution in [3.8, 4) is 0 Å². The maximum Gasteiger partial charge on any atom is 0.472 e. The van der Waals surface area contributed by atoms with Crippen molar-refractivity contribution in [1.29, 1.82) is 0 Å². The Labute approximate surface area is 492 Å². The summed E-state index contributed by atoms with van der Waals surface area (Å²) in [6, 6.07) is 0. The molecule has 0 aliphatic carbocycles. The van der Waals surface area contributed by atoms with E-state index in [0.717, 1.165) is 96.3 Å². The Morgan fingerprint density at radius 1 is 0.388 bits per heavy atom. The number of hydrogen-bond acceptors (Lipinski definition) is 8. The molecule has 0 saturated heterocycles. The van der Waals surface area contributed by atoms with E-state index in [1.807, 2.05) is 0 Å². The zero-order valence-electron chi connectivity index (χ0n) is 51.5. The minimum absolute atomic E-state index is 0.0432. The molecule has 0 aliphatic heterocycles. The molecule has 0 fully saturated rings.